The maximum Gasteiger partial charge on any atom is 0.115 e. The Bertz CT molecular complexity index is 372. The lowest BCUT2D eigenvalue weighted by Gasteiger charge is -2.15. The van der Waals surface area contributed by atoms with Gasteiger partial charge in [0, 0.05) is 31.7 Å². The topological polar surface area (TPSA) is 35.5 Å². The average Bonchev–Trinajstić information content (AvgIpc) is 3.09. The Morgan fingerprint density at radius 3 is 2.65 bits per heavy atom. The summed E-state index contributed by atoms with van der Waals surface area (Å²) in [5.74, 6) is 0.342. The van der Waals surface area contributed by atoms with E-state index in [0.717, 1.165) is 12.6 Å². The molecule has 2 fully saturated rings. The van der Waals surface area contributed by atoms with Crippen molar-refractivity contribution in [2.24, 2.45) is 0 Å². The van der Waals surface area contributed by atoms with E-state index in [9.17, 15) is 5.11 Å². The van der Waals surface area contributed by atoms with Crippen LogP contribution in [0.25, 0.3) is 0 Å². The van der Waals surface area contributed by atoms with Crippen LogP contribution in [0.4, 0.5) is 0 Å². The molecule has 1 aliphatic heterocycles. The summed E-state index contributed by atoms with van der Waals surface area (Å²) in [6.45, 7) is 3.38. The molecule has 3 nitrogen and oxygen atoms in total. The Hall–Kier alpha value is -1.06. The van der Waals surface area contributed by atoms with Gasteiger partial charge >= 0.3 is 0 Å². The summed E-state index contributed by atoms with van der Waals surface area (Å²) in [5.41, 5.74) is 1.24. The Kier molecular flexibility index (Phi) is 3.04. The van der Waals surface area contributed by atoms with Gasteiger partial charge in [-0.2, -0.15) is 0 Å². The molecule has 17 heavy (non-hydrogen) atoms. The number of phenolic OH excluding ortho intramolecular Hbond substituents is 1. The summed E-state index contributed by atoms with van der Waals surface area (Å²) >= 11 is 0. The van der Waals surface area contributed by atoms with Crippen molar-refractivity contribution in [2.45, 2.75) is 37.9 Å². The molecule has 1 aliphatic carbocycles. The van der Waals surface area contributed by atoms with E-state index in [1.54, 1.807) is 12.1 Å². The third-order valence-corrected chi connectivity index (χ3v) is 3.81. The number of likely N-dealkylation sites (tertiary alicyclic amines) is 1. The first-order chi connectivity index (χ1) is 8.31. The minimum atomic E-state index is 0.342. The smallest absolute Gasteiger partial charge is 0.115 e. The van der Waals surface area contributed by atoms with Crippen LogP contribution >= 0.6 is 0 Å². The van der Waals surface area contributed by atoms with Crippen LogP contribution < -0.4 is 5.32 Å². The lowest BCUT2D eigenvalue weighted by molar-refractivity contribution is 0.317. The Balaban J connectivity index is 1.46. The van der Waals surface area contributed by atoms with Crippen molar-refractivity contribution in [3.63, 3.8) is 0 Å². The molecule has 3 heteroatoms. The molecule has 0 bridgehead atoms. The molecule has 1 aromatic rings. The third-order valence-electron chi connectivity index (χ3n) is 3.81. The minimum Gasteiger partial charge on any atom is -0.508 e. The van der Waals surface area contributed by atoms with E-state index in [1.165, 1.54) is 37.9 Å². The molecule has 2 N–H and O–H groups in total. The zero-order valence-electron chi connectivity index (χ0n) is 10.1. The van der Waals surface area contributed by atoms with Gasteiger partial charge < -0.3 is 10.4 Å². The van der Waals surface area contributed by atoms with Crippen LogP contribution in [-0.4, -0.2) is 35.2 Å². The number of hydrogen-bond acceptors (Lipinski definition) is 3. The van der Waals surface area contributed by atoms with Crippen LogP contribution in [0.3, 0.4) is 0 Å². The molecule has 0 aromatic heterocycles. The summed E-state index contributed by atoms with van der Waals surface area (Å²) < 4.78 is 0. The van der Waals surface area contributed by atoms with Crippen LogP contribution in [0, 0.1) is 0 Å². The van der Waals surface area contributed by atoms with Gasteiger partial charge in [-0.1, -0.05) is 12.1 Å². The average molecular weight is 232 g/mol. The maximum atomic E-state index is 9.21. The molecule has 0 amide bonds. The highest BCUT2D eigenvalue weighted by Gasteiger charge is 2.33. The second-order valence-electron chi connectivity index (χ2n) is 5.26. The number of nitrogens with one attached hydrogen (secondary N) is 1. The minimum absolute atomic E-state index is 0.342. The van der Waals surface area contributed by atoms with Crippen molar-refractivity contribution in [3.05, 3.63) is 29.8 Å². The van der Waals surface area contributed by atoms with Crippen LogP contribution in [0.2, 0.25) is 0 Å². The van der Waals surface area contributed by atoms with Gasteiger partial charge in [0.05, 0.1) is 0 Å². The molecule has 2 aliphatic rings. The molecule has 1 unspecified atom stereocenters. The van der Waals surface area contributed by atoms with E-state index in [0.29, 0.717) is 11.8 Å². The molecule has 3 rings (SSSR count). The van der Waals surface area contributed by atoms with Crippen LogP contribution in [-0.2, 0) is 6.54 Å². The van der Waals surface area contributed by atoms with E-state index in [4.69, 9.17) is 0 Å². The number of hydrogen-bond donors (Lipinski definition) is 2. The lowest BCUT2D eigenvalue weighted by Crippen LogP contribution is -2.32. The zero-order chi connectivity index (χ0) is 11.7. The van der Waals surface area contributed by atoms with Gasteiger partial charge in [0.2, 0.25) is 0 Å². The van der Waals surface area contributed by atoms with E-state index in [1.807, 2.05) is 12.1 Å². The zero-order valence-corrected chi connectivity index (χ0v) is 10.1. The number of nitrogens with zero attached hydrogens (tertiary/aromatic N) is 1. The number of phenols is 1. The Labute approximate surface area is 102 Å². The van der Waals surface area contributed by atoms with Crippen LogP contribution in [0.15, 0.2) is 24.3 Å². The Morgan fingerprint density at radius 1 is 1.18 bits per heavy atom. The SMILES string of the molecule is Oc1ccc(CNC2CCN(C3CC3)C2)cc1. The van der Waals surface area contributed by atoms with Crippen molar-refractivity contribution in [3.8, 4) is 5.75 Å². The molecule has 1 saturated heterocycles. The molecular weight excluding hydrogens is 212 g/mol. The van der Waals surface area contributed by atoms with Crippen molar-refractivity contribution >= 4 is 0 Å². The third kappa shape index (κ3) is 2.79. The fourth-order valence-corrected chi connectivity index (χ4v) is 2.60. The molecule has 0 radical (unpaired) electrons. The first kappa shape index (κ1) is 11.1. The van der Waals surface area contributed by atoms with Gasteiger partial charge in [-0.05, 0) is 37.0 Å². The van der Waals surface area contributed by atoms with Gasteiger partial charge in [-0.25, -0.2) is 0 Å². The molecule has 0 spiro atoms. The maximum absolute atomic E-state index is 9.21. The number of benzene rings is 1. The van der Waals surface area contributed by atoms with Crippen molar-refractivity contribution in [1.29, 1.82) is 0 Å². The van der Waals surface area contributed by atoms with E-state index < -0.39 is 0 Å². The molecule has 1 atom stereocenters. The molecular formula is C14H20N2O. The van der Waals surface area contributed by atoms with Crippen molar-refractivity contribution < 1.29 is 5.11 Å². The van der Waals surface area contributed by atoms with E-state index in [-0.39, 0.29) is 0 Å². The van der Waals surface area contributed by atoms with Gasteiger partial charge in [0.15, 0.2) is 0 Å². The second-order valence-corrected chi connectivity index (χ2v) is 5.26. The largest absolute Gasteiger partial charge is 0.508 e. The monoisotopic (exact) mass is 232 g/mol. The van der Waals surface area contributed by atoms with Crippen molar-refractivity contribution in [1.82, 2.24) is 10.2 Å². The summed E-state index contributed by atoms with van der Waals surface area (Å²) in [6.07, 6.45) is 4.09. The van der Waals surface area contributed by atoms with Gasteiger partial charge in [-0.3, -0.25) is 4.90 Å². The lowest BCUT2D eigenvalue weighted by atomic mass is 10.2. The fourth-order valence-electron chi connectivity index (χ4n) is 2.60. The van der Waals surface area contributed by atoms with Crippen LogP contribution in [0.1, 0.15) is 24.8 Å². The normalized spacial score (nSPS) is 25.3. The molecule has 1 saturated carbocycles. The predicted molar refractivity (Wildman–Crippen MR) is 67.9 cm³/mol. The number of aromatic hydroxyl groups is 1. The highest BCUT2D eigenvalue weighted by Crippen LogP contribution is 2.29. The second kappa shape index (κ2) is 4.67. The molecule has 92 valence electrons. The van der Waals surface area contributed by atoms with E-state index >= 15 is 0 Å². The van der Waals surface area contributed by atoms with Crippen molar-refractivity contribution in [2.75, 3.05) is 13.1 Å². The standard InChI is InChI=1S/C14H20N2O/c17-14-5-1-11(2-6-14)9-15-12-7-8-16(10-12)13-3-4-13/h1-2,5-6,12-13,15,17H,3-4,7-10H2. The number of rotatable bonds is 4. The quantitative estimate of drug-likeness (QED) is 0.829. The summed E-state index contributed by atoms with van der Waals surface area (Å²) in [4.78, 5) is 2.62. The molecule has 1 aromatic carbocycles. The van der Waals surface area contributed by atoms with Gasteiger partial charge in [-0.15, -0.1) is 0 Å². The summed E-state index contributed by atoms with van der Waals surface area (Å²) in [5, 5.41) is 12.8. The fraction of sp³-hybridized carbons (Fsp3) is 0.571. The van der Waals surface area contributed by atoms with Crippen LogP contribution in [0.5, 0.6) is 5.75 Å². The van der Waals surface area contributed by atoms with Gasteiger partial charge in [0.25, 0.3) is 0 Å². The highest BCUT2D eigenvalue weighted by atomic mass is 16.3. The van der Waals surface area contributed by atoms with Gasteiger partial charge in [0.1, 0.15) is 5.75 Å². The first-order valence-electron chi connectivity index (χ1n) is 6.56. The molecule has 1 heterocycles. The Morgan fingerprint density at radius 2 is 1.94 bits per heavy atom. The summed E-state index contributed by atoms with van der Waals surface area (Å²) in [7, 11) is 0. The highest BCUT2D eigenvalue weighted by molar-refractivity contribution is 5.25. The predicted octanol–water partition coefficient (Wildman–Crippen LogP) is 1.72. The van der Waals surface area contributed by atoms with E-state index in [2.05, 4.69) is 10.2 Å². The first-order valence-corrected chi connectivity index (χ1v) is 6.56. The summed E-state index contributed by atoms with van der Waals surface area (Å²) in [6, 6.07) is 9.01.